The highest BCUT2D eigenvalue weighted by Crippen LogP contribution is 2.43. The summed E-state index contributed by atoms with van der Waals surface area (Å²) in [5, 5.41) is 0. The lowest BCUT2D eigenvalue weighted by Gasteiger charge is -2.37. The summed E-state index contributed by atoms with van der Waals surface area (Å²) in [5.41, 5.74) is 0. The highest BCUT2D eigenvalue weighted by atomic mass is 14.3. The second-order valence-electron chi connectivity index (χ2n) is 3.52. The standard InChI is InChI=1S/C9H14B/c1-2-4-8-5-6-9(8)10-7-3-1/h1,3,8-9H,2,4-7H2/b3-1-. The van der Waals surface area contributed by atoms with E-state index in [9.17, 15) is 0 Å². The summed E-state index contributed by atoms with van der Waals surface area (Å²) in [6.07, 6.45) is 11.6. The summed E-state index contributed by atoms with van der Waals surface area (Å²) in [6, 6.07) is 0. The highest BCUT2D eigenvalue weighted by molar-refractivity contribution is 6.38. The molecular formula is C9H14B. The third-order valence-corrected chi connectivity index (χ3v) is 2.92. The Balaban J connectivity index is 1.92. The van der Waals surface area contributed by atoms with Crippen molar-refractivity contribution in [1.29, 1.82) is 0 Å². The molecule has 0 N–H and O–H groups in total. The maximum absolute atomic E-state index is 2.50. The summed E-state index contributed by atoms with van der Waals surface area (Å²) < 4.78 is 0. The van der Waals surface area contributed by atoms with E-state index in [2.05, 4.69) is 19.4 Å². The second kappa shape index (κ2) is 2.81. The molecule has 0 nitrogen and oxygen atoms in total. The molecule has 0 aromatic carbocycles. The molecule has 0 bridgehead atoms. The van der Waals surface area contributed by atoms with E-state index >= 15 is 0 Å². The second-order valence-corrected chi connectivity index (χ2v) is 3.52. The lowest BCUT2D eigenvalue weighted by molar-refractivity contribution is 0.295. The van der Waals surface area contributed by atoms with Crippen molar-refractivity contribution in [3.8, 4) is 0 Å². The van der Waals surface area contributed by atoms with Gasteiger partial charge in [-0.15, -0.1) is 0 Å². The fourth-order valence-corrected chi connectivity index (χ4v) is 2.04. The van der Waals surface area contributed by atoms with Crippen LogP contribution in [0.2, 0.25) is 12.1 Å². The van der Waals surface area contributed by atoms with E-state index in [0.29, 0.717) is 0 Å². The Bertz CT molecular complexity index is 124. The molecular weight excluding hydrogens is 119 g/mol. The number of hydrogen-bond donors (Lipinski definition) is 0. The maximum atomic E-state index is 2.50. The largest absolute Gasteiger partial charge is 0.118 e. The van der Waals surface area contributed by atoms with Gasteiger partial charge in [0.1, 0.15) is 7.28 Å². The van der Waals surface area contributed by atoms with E-state index in [1.165, 1.54) is 32.0 Å². The third kappa shape index (κ3) is 1.14. The fraction of sp³-hybridized carbons (Fsp3) is 0.778. The van der Waals surface area contributed by atoms with Crippen molar-refractivity contribution in [2.24, 2.45) is 5.92 Å². The van der Waals surface area contributed by atoms with Crippen molar-refractivity contribution in [2.75, 3.05) is 0 Å². The zero-order valence-corrected chi connectivity index (χ0v) is 6.42. The molecule has 0 spiro atoms. The minimum absolute atomic E-state index is 0.991. The third-order valence-electron chi connectivity index (χ3n) is 2.92. The number of allylic oxidation sites excluding steroid dienone is 2. The summed E-state index contributed by atoms with van der Waals surface area (Å²) >= 11 is 0. The predicted octanol–water partition coefficient (Wildman–Crippen LogP) is 2.66. The Morgan fingerprint density at radius 2 is 2.10 bits per heavy atom. The van der Waals surface area contributed by atoms with Crippen LogP contribution in [-0.4, -0.2) is 7.28 Å². The van der Waals surface area contributed by atoms with Gasteiger partial charge in [-0.05, 0) is 18.8 Å². The van der Waals surface area contributed by atoms with Gasteiger partial charge in [-0.2, -0.15) is 0 Å². The maximum Gasteiger partial charge on any atom is 0.118 e. The molecule has 10 heavy (non-hydrogen) atoms. The molecule has 53 valence electrons. The van der Waals surface area contributed by atoms with Crippen molar-refractivity contribution in [3.63, 3.8) is 0 Å². The Labute approximate surface area is 63.9 Å². The Kier molecular flexibility index (Phi) is 1.83. The van der Waals surface area contributed by atoms with Crippen molar-refractivity contribution in [1.82, 2.24) is 0 Å². The molecule has 0 aromatic rings. The molecule has 1 aliphatic carbocycles. The first kappa shape index (κ1) is 6.51. The lowest BCUT2D eigenvalue weighted by Crippen LogP contribution is -2.25. The average molecular weight is 133 g/mol. The molecule has 2 aliphatic rings. The van der Waals surface area contributed by atoms with Crippen molar-refractivity contribution in [3.05, 3.63) is 12.2 Å². The quantitative estimate of drug-likeness (QED) is 0.352. The van der Waals surface area contributed by atoms with E-state index < -0.39 is 0 Å². The van der Waals surface area contributed by atoms with Gasteiger partial charge in [-0.1, -0.05) is 37.1 Å². The van der Waals surface area contributed by atoms with Gasteiger partial charge in [-0.3, -0.25) is 0 Å². The van der Waals surface area contributed by atoms with Crippen LogP contribution in [0.25, 0.3) is 0 Å². The van der Waals surface area contributed by atoms with Crippen LogP contribution in [0.3, 0.4) is 0 Å². The van der Waals surface area contributed by atoms with Crippen molar-refractivity contribution < 1.29 is 0 Å². The van der Waals surface area contributed by atoms with Gasteiger partial charge in [0, 0.05) is 0 Å². The lowest BCUT2D eigenvalue weighted by atomic mass is 9.48. The summed E-state index contributed by atoms with van der Waals surface area (Å²) in [5.74, 6) is 2.05. The minimum atomic E-state index is 0.991. The molecule has 0 aromatic heterocycles. The number of rotatable bonds is 0. The molecule has 2 rings (SSSR count). The average Bonchev–Trinajstić information content (AvgIpc) is 1.89. The first-order valence-electron chi connectivity index (χ1n) is 4.45. The first-order valence-corrected chi connectivity index (χ1v) is 4.45. The molecule has 1 radical (unpaired) electrons. The van der Waals surface area contributed by atoms with Gasteiger partial charge in [0.05, 0.1) is 0 Å². The van der Waals surface area contributed by atoms with Gasteiger partial charge in [-0.25, -0.2) is 0 Å². The van der Waals surface area contributed by atoms with Crippen LogP contribution in [0.4, 0.5) is 0 Å². The Morgan fingerprint density at radius 1 is 1.10 bits per heavy atom. The van der Waals surface area contributed by atoms with E-state index in [4.69, 9.17) is 0 Å². The minimum Gasteiger partial charge on any atom is -0.0964 e. The monoisotopic (exact) mass is 133 g/mol. The van der Waals surface area contributed by atoms with E-state index in [1.807, 2.05) is 0 Å². The summed E-state index contributed by atoms with van der Waals surface area (Å²) in [6.45, 7) is 0. The van der Waals surface area contributed by atoms with Crippen LogP contribution in [0, 0.1) is 5.92 Å². The van der Waals surface area contributed by atoms with E-state index in [-0.39, 0.29) is 0 Å². The highest BCUT2D eigenvalue weighted by Gasteiger charge is 2.29. The normalized spacial score (nSPS) is 41.6. The van der Waals surface area contributed by atoms with Crippen LogP contribution >= 0.6 is 0 Å². The summed E-state index contributed by atoms with van der Waals surface area (Å²) in [7, 11) is 2.50. The van der Waals surface area contributed by atoms with Gasteiger partial charge >= 0.3 is 0 Å². The zero-order valence-electron chi connectivity index (χ0n) is 6.42. The van der Waals surface area contributed by atoms with Crippen LogP contribution in [-0.2, 0) is 0 Å². The Morgan fingerprint density at radius 3 is 2.90 bits per heavy atom. The molecule has 2 unspecified atom stereocenters. The fourth-order valence-electron chi connectivity index (χ4n) is 2.04. The smallest absolute Gasteiger partial charge is 0.0964 e. The van der Waals surface area contributed by atoms with Crippen LogP contribution < -0.4 is 0 Å². The number of hydrogen-bond acceptors (Lipinski definition) is 0. The number of fused-ring (bicyclic) bond motifs is 1. The topological polar surface area (TPSA) is 0 Å². The van der Waals surface area contributed by atoms with Gasteiger partial charge in [0.2, 0.25) is 0 Å². The van der Waals surface area contributed by atoms with Crippen molar-refractivity contribution >= 4 is 7.28 Å². The predicted molar refractivity (Wildman–Crippen MR) is 45.4 cm³/mol. The zero-order chi connectivity index (χ0) is 6.81. The van der Waals surface area contributed by atoms with Crippen LogP contribution in [0.1, 0.15) is 25.7 Å². The molecule has 0 amide bonds. The van der Waals surface area contributed by atoms with Crippen LogP contribution in [0.5, 0.6) is 0 Å². The molecule has 1 heterocycles. The molecule has 2 atom stereocenters. The molecule has 1 fully saturated rings. The van der Waals surface area contributed by atoms with E-state index in [1.54, 1.807) is 0 Å². The molecule has 1 saturated carbocycles. The molecule has 1 heteroatoms. The van der Waals surface area contributed by atoms with Gasteiger partial charge in [0.15, 0.2) is 0 Å². The van der Waals surface area contributed by atoms with Gasteiger partial charge in [0.25, 0.3) is 0 Å². The van der Waals surface area contributed by atoms with E-state index in [0.717, 1.165) is 11.7 Å². The molecule has 1 aliphatic heterocycles. The molecule has 0 saturated heterocycles. The van der Waals surface area contributed by atoms with Crippen LogP contribution in [0.15, 0.2) is 12.2 Å². The Hall–Kier alpha value is -0.195. The van der Waals surface area contributed by atoms with Crippen molar-refractivity contribution in [2.45, 2.75) is 37.8 Å². The first-order chi connectivity index (χ1) is 4.97. The van der Waals surface area contributed by atoms with Gasteiger partial charge < -0.3 is 0 Å². The summed E-state index contributed by atoms with van der Waals surface area (Å²) in [4.78, 5) is 0. The SMILES string of the molecule is [B]1C/C=C\CCC2CCC12.